The van der Waals surface area contributed by atoms with E-state index >= 15 is 0 Å². The quantitative estimate of drug-likeness (QED) is 0.862. The highest BCUT2D eigenvalue weighted by molar-refractivity contribution is 5.77. The molecule has 1 aliphatic rings. The zero-order valence-electron chi connectivity index (χ0n) is 11.6. The van der Waals surface area contributed by atoms with Gasteiger partial charge in [0.25, 0.3) is 0 Å². The van der Waals surface area contributed by atoms with Gasteiger partial charge in [-0.1, -0.05) is 18.2 Å². The van der Waals surface area contributed by atoms with Crippen molar-refractivity contribution in [3.05, 3.63) is 36.1 Å². The number of hydrogen-bond donors (Lipinski definition) is 1. The topological polar surface area (TPSA) is 34.4 Å². The van der Waals surface area contributed by atoms with Crippen LogP contribution >= 0.6 is 0 Å². The van der Waals surface area contributed by atoms with E-state index in [-0.39, 0.29) is 6.04 Å². The van der Waals surface area contributed by atoms with Crippen molar-refractivity contribution < 1.29 is 9.15 Å². The van der Waals surface area contributed by atoms with Gasteiger partial charge in [-0.2, -0.15) is 0 Å². The minimum absolute atomic E-state index is 0.216. The van der Waals surface area contributed by atoms with Crippen LogP contribution < -0.4 is 5.32 Å². The molecule has 0 amide bonds. The van der Waals surface area contributed by atoms with E-state index in [1.165, 1.54) is 18.2 Å². The minimum atomic E-state index is 0.216. The highest BCUT2D eigenvalue weighted by Gasteiger charge is 2.32. The monoisotopic (exact) mass is 259 g/mol. The molecule has 0 aliphatic heterocycles. The summed E-state index contributed by atoms with van der Waals surface area (Å²) in [7, 11) is 1.77. The van der Waals surface area contributed by atoms with Gasteiger partial charge in [0, 0.05) is 18.5 Å². The summed E-state index contributed by atoms with van der Waals surface area (Å²) >= 11 is 0. The molecule has 0 radical (unpaired) electrons. The van der Waals surface area contributed by atoms with Gasteiger partial charge in [-0.25, -0.2) is 0 Å². The van der Waals surface area contributed by atoms with Crippen LogP contribution in [0.25, 0.3) is 11.0 Å². The first-order valence-electron chi connectivity index (χ1n) is 7.01. The first kappa shape index (κ1) is 12.7. The van der Waals surface area contributed by atoms with Gasteiger partial charge in [-0.3, -0.25) is 0 Å². The molecule has 1 aliphatic carbocycles. The Balaban J connectivity index is 1.73. The van der Waals surface area contributed by atoms with Gasteiger partial charge < -0.3 is 14.5 Å². The van der Waals surface area contributed by atoms with Crippen molar-refractivity contribution in [1.82, 2.24) is 5.32 Å². The second-order valence-corrected chi connectivity index (χ2v) is 5.47. The molecule has 1 heterocycles. The van der Waals surface area contributed by atoms with Crippen molar-refractivity contribution in [2.75, 3.05) is 13.7 Å². The van der Waals surface area contributed by atoms with Crippen molar-refractivity contribution in [3.8, 4) is 0 Å². The lowest BCUT2D eigenvalue weighted by Gasteiger charge is -2.21. The molecular formula is C16H21NO2. The van der Waals surface area contributed by atoms with Crippen molar-refractivity contribution in [2.24, 2.45) is 5.92 Å². The van der Waals surface area contributed by atoms with E-state index in [0.29, 0.717) is 6.04 Å². The number of hydrogen-bond acceptors (Lipinski definition) is 3. The zero-order valence-corrected chi connectivity index (χ0v) is 11.6. The fourth-order valence-electron chi connectivity index (χ4n) is 2.62. The SMILES string of the molecule is COCC(NC(C)c1cc2ccccc2o1)C1CC1. The number of methoxy groups -OCH3 is 1. The third-order valence-electron chi connectivity index (χ3n) is 3.87. The Morgan fingerprint density at radius 1 is 1.37 bits per heavy atom. The largest absolute Gasteiger partial charge is 0.459 e. The molecule has 0 saturated heterocycles. The number of rotatable bonds is 6. The Hall–Kier alpha value is -1.32. The molecule has 0 bridgehead atoms. The van der Waals surface area contributed by atoms with Gasteiger partial charge in [0.15, 0.2) is 0 Å². The van der Waals surface area contributed by atoms with Crippen LogP contribution in [0.4, 0.5) is 0 Å². The molecule has 19 heavy (non-hydrogen) atoms. The Labute approximate surface area is 113 Å². The molecular weight excluding hydrogens is 238 g/mol. The van der Waals surface area contributed by atoms with Crippen LogP contribution in [0.3, 0.4) is 0 Å². The molecule has 1 saturated carbocycles. The number of nitrogens with one attached hydrogen (secondary N) is 1. The van der Waals surface area contributed by atoms with E-state index in [2.05, 4.69) is 24.4 Å². The van der Waals surface area contributed by atoms with Crippen LogP contribution in [0.15, 0.2) is 34.7 Å². The molecule has 1 fully saturated rings. The molecule has 3 nitrogen and oxygen atoms in total. The molecule has 2 atom stereocenters. The average molecular weight is 259 g/mol. The summed E-state index contributed by atoms with van der Waals surface area (Å²) in [6.07, 6.45) is 2.63. The van der Waals surface area contributed by atoms with Crippen LogP contribution in [0.5, 0.6) is 0 Å². The van der Waals surface area contributed by atoms with Crippen LogP contribution in [-0.2, 0) is 4.74 Å². The maximum Gasteiger partial charge on any atom is 0.134 e. The maximum atomic E-state index is 5.91. The summed E-state index contributed by atoms with van der Waals surface area (Å²) in [4.78, 5) is 0. The predicted molar refractivity (Wildman–Crippen MR) is 76.2 cm³/mol. The fraction of sp³-hybridized carbons (Fsp3) is 0.500. The summed E-state index contributed by atoms with van der Waals surface area (Å²) in [5.41, 5.74) is 0.959. The summed E-state index contributed by atoms with van der Waals surface area (Å²) in [6.45, 7) is 2.93. The molecule has 0 spiro atoms. The lowest BCUT2D eigenvalue weighted by Crippen LogP contribution is -2.36. The van der Waals surface area contributed by atoms with E-state index in [4.69, 9.17) is 9.15 Å². The highest BCUT2D eigenvalue weighted by Crippen LogP contribution is 2.34. The van der Waals surface area contributed by atoms with Crippen LogP contribution in [0.1, 0.15) is 31.6 Å². The normalized spacial score (nSPS) is 18.6. The second-order valence-electron chi connectivity index (χ2n) is 5.47. The zero-order chi connectivity index (χ0) is 13.2. The summed E-state index contributed by atoms with van der Waals surface area (Å²) in [5.74, 6) is 1.77. The Morgan fingerprint density at radius 3 is 2.84 bits per heavy atom. The number of fused-ring (bicyclic) bond motifs is 1. The van der Waals surface area contributed by atoms with Gasteiger partial charge in [-0.05, 0) is 37.8 Å². The molecule has 1 aromatic carbocycles. The number of benzene rings is 1. The van der Waals surface area contributed by atoms with E-state index < -0.39 is 0 Å². The molecule has 102 valence electrons. The lowest BCUT2D eigenvalue weighted by atomic mass is 10.1. The highest BCUT2D eigenvalue weighted by atomic mass is 16.5. The number of ether oxygens (including phenoxy) is 1. The molecule has 1 aromatic heterocycles. The standard InChI is InChI=1S/C16H21NO2/c1-11(17-14(10-18-2)12-7-8-12)16-9-13-5-3-4-6-15(13)19-16/h3-6,9,11-12,14,17H,7-8,10H2,1-2H3. The van der Waals surface area contributed by atoms with Crippen molar-refractivity contribution in [3.63, 3.8) is 0 Å². The fourth-order valence-corrected chi connectivity index (χ4v) is 2.62. The molecule has 1 N–H and O–H groups in total. The summed E-state index contributed by atoms with van der Waals surface area (Å²) < 4.78 is 11.2. The van der Waals surface area contributed by atoms with Gasteiger partial charge in [-0.15, -0.1) is 0 Å². The van der Waals surface area contributed by atoms with Gasteiger partial charge in [0.1, 0.15) is 11.3 Å². The van der Waals surface area contributed by atoms with Crippen LogP contribution in [0.2, 0.25) is 0 Å². The van der Waals surface area contributed by atoms with E-state index in [1.807, 2.05) is 18.2 Å². The van der Waals surface area contributed by atoms with E-state index in [0.717, 1.165) is 23.9 Å². The van der Waals surface area contributed by atoms with Crippen molar-refractivity contribution >= 4 is 11.0 Å². The predicted octanol–water partition coefficient (Wildman–Crippen LogP) is 3.51. The average Bonchev–Trinajstić information content (AvgIpc) is 3.16. The second kappa shape index (κ2) is 5.35. The Morgan fingerprint density at radius 2 is 2.16 bits per heavy atom. The maximum absolute atomic E-state index is 5.91. The summed E-state index contributed by atoms with van der Waals surface area (Å²) in [5, 5.41) is 4.81. The lowest BCUT2D eigenvalue weighted by molar-refractivity contribution is 0.150. The van der Waals surface area contributed by atoms with E-state index in [1.54, 1.807) is 7.11 Å². The van der Waals surface area contributed by atoms with Crippen LogP contribution in [-0.4, -0.2) is 19.8 Å². The Kier molecular flexibility index (Phi) is 3.58. The first-order valence-corrected chi connectivity index (χ1v) is 7.01. The smallest absolute Gasteiger partial charge is 0.134 e. The molecule has 3 heteroatoms. The third-order valence-corrected chi connectivity index (χ3v) is 3.87. The minimum Gasteiger partial charge on any atom is -0.459 e. The Bertz CT molecular complexity index is 511. The van der Waals surface area contributed by atoms with Gasteiger partial charge in [0.05, 0.1) is 12.6 Å². The number of para-hydroxylation sites is 1. The molecule has 3 rings (SSSR count). The summed E-state index contributed by atoms with van der Waals surface area (Å²) in [6, 6.07) is 10.9. The number of furan rings is 1. The van der Waals surface area contributed by atoms with Gasteiger partial charge >= 0.3 is 0 Å². The molecule has 2 aromatic rings. The third kappa shape index (κ3) is 2.82. The molecule has 2 unspecified atom stereocenters. The van der Waals surface area contributed by atoms with Crippen molar-refractivity contribution in [2.45, 2.75) is 31.8 Å². The van der Waals surface area contributed by atoms with Gasteiger partial charge in [0.2, 0.25) is 0 Å². The van der Waals surface area contributed by atoms with Crippen LogP contribution in [0, 0.1) is 5.92 Å². The first-order chi connectivity index (χ1) is 9.28. The van der Waals surface area contributed by atoms with Crippen molar-refractivity contribution in [1.29, 1.82) is 0 Å². The van der Waals surface area contributed by atoms with E-state index in [9.17, 15) is 0 Å².